The predicted octanol–water partition coefficient (Wildman–Crippen LogP) is 0.790. The molecule has 1 amide bonds. The Morgan fingerprint density at radius 2 is 2.37 bits per heavy atom. The number of nitrogens with zero attached hydrogens (tertiary/aromatic N) is 1. The van der Waals surface area contributed by atoms with Crippen molar-refractivity contribution in [3.8, 4) is 0 Å². The average molecular weight is 267 g/mol. The molecule has 1 unspecified atom stereocenters. The molecule has 1 aromatic heterocycles. The summed E-state index contributed by atoms with van der Waals surface area (Å²) in [6.07, 6.45) is 2.09. The summed E-state index contributed by atoms with van der Waals surface area (Å²) in [6, 6.07) is 0. The van der Waals surface area contributed by atoms with E-state index in [1.807, 2.05) is 0 Å². The predicted molar refractivity (Wildman–Crippen MR) is 70.2 cm³/mol. The number of amides is 1. The highest BCUT2D eigenvalue weighted by Gasteiger charge is 2.34. The van der Waals surface area contributed by atoms with Crippen LogP contribution in [0.3, 0.4) is 0 Å². The summed E-state index contributed by atoms with van der Waals surface area (Å²) in [7, 11) is 1.67. The largest absolute Gasteiger partial charge is 0.436 e. The molecule has 6 heteroatoms. The van der Waals surface area contributed by atoms with Crippen LogP contribution >= 0.6 is 0 Å². The second-order valence-electron chi connectivity index (χ2n) is 5.07. The summed E-state index contributed by atoms with van der Waals surface area (Å²) in [6.45, 7) is 5.57. The minimum atomic E-state index is -0.220. The Labute approximate surface area is 112 Å². The van der Waals surface area contributed by atoms with Crippen molar-refractivity contribution in [3.05, 3.63) is 17.3 Å². The Balaban J connectivity index is 1.97. The third-order valence-electron chi connectivity index (χ3n) is 3.45. The van der Waals surface area contributed by atoms with Crippen molar-refractivity contribution in [1.82, 2.24) is 15.6 Å². The quantitative estimate of drug-likeness (QED) is 0.825. The van der Waals surface area contributed by atoms with Crippen LogP contribution in [0, 0.1) is 13.8 Å². The first-order valence-corrected chi connectivity index (χ1v) is 6.52. The van der Waals surface area contributed by atoms with Crippen LogP contribution < -0.4 is 10.6 Å². The SMILES string of the molecule is COCC1(CNC(=O)c2oc(C)nc2C)CCCN1. The van der Waals surface area contributed by atoms with Gasteiger partial charge < -0.3 is 19.8 Å². The summed E-state index contributed by atoms with van der Waals surface area (Å²) in [5, 5.41) is 6.32. The number of aromatic nitrogens is 1. The van der Waals surface area contributed by atoms with E-state index in [1.165, 1.54) is 0 Å². The summed E-state index contributed by atoms with van der Waals surface area (Å²) in [5.41, 5.74) is 0.461. The third kappa shape index (κ3) is 3.13. The summed E-state index contributed by atoms with van der Waals surface area (Å²) < 4.78 is 10.6. The van der Waals surface area contributed by atoms with Crippen LogP contribution in [0.2, 0.25) is 0 Å². The molecule has 1 saturated heterocycles. The smallest absolute Gasteiger partial charge is 0.289 e. The van der Waals surface area contributed by atoms with Crippen LogP contribution in [0.1, 0.15) is 35.0 Å². The molecule has 0 saturated carbocycles. The van der Waals surface area contributed by atoms with Crippen molar-refractivity contribution >= 4 is 5.91 Å². The first-order chi connectivity index (χ1) is 9.06. The third-order valence-corrected chi connectivity index (χ3v) is 3.45. The molecule has 1 aliphatic heterocycles. The van der Waals surface area contributed by atoms with E-state index in [-0.39, 0.29) is 11.4 Å². The van der Waals surface area contributed by atoms with Crippen LogP contribution in [-0.2, 0) is 4.74 Å². The number of hydrogen-bond donors (Lipinski definition) is 2. The molecular formula is C13H21N3O3. The molecule has 0 aliphatic carbocycles. The van der Waals surface area contributed by atoms with Crippen LogP contribution in [0.15, 0.2) is 4.42 Å². The number of carbonyl (C=O) groups is 1. The fourth-order valence-electron chi connectivity index (χ4n) is 2.54. The Morgan fingerprint density at radius 1 is 1.58 bits per heavy atom. The minimum Gasteiger partial charge on any atom is -0.436 e. The molecule has 2 N–H and O–H groups in total. The maximum atomic E-state index is 12.1. The van der Waals surface area contributed by atoms with Gasteiger partial charge in [-0.05, 0) is 26.3 Å². The Hall–Kier alpha value is -1.40. The van der Waals surface area contributed by atoms with E-state index < -0.39 is 0 Å². The van der Waals surface area contributed by atoms with Gasteiger partial charge >= 0.3 is 0 Å². The molecule has 2 heterocycles. The second kappa shape index (κ2) is 5.71. The lowest BCUT2D eigenvalue weighted by Gasteiger charge is -2.28. The zero-order valence-electron chi connectivity index (χ0n) is 11.7. The molecule has 2 rings (SSSR count). The number of carbonyl (C=O) groups excluding carboxylic acids is 1. The van der Waals surface area contributed by atoms with E-state index in [2.05, 4.69) is 15.6 Å². The highest BCUT2D eigenvalue weighted by molar-refractivity contribution is 5.92. The maximum Gasteiger partial charge on any atom is 0.289 e. The van der Waals surface area contributed by atoms with Crippen molar-refractivity contribution in [1.29, 1.82) is 0 Å². The molecule has 19 heavy (non-hydrogen) atoms. The van der Waals surface area contributed by atoms with Crippen molar-refractivity contribution in [2.75, 3.05) is 26.8 Å². The number of methoxy groups -OCH3 is 1. The fraction of sp³-hybridized carbons (Fsp3) is 0.692. The van der Waals surface area contributed by atoms with Gasteiger partial charge in [0.15, 0.2) is 5.89 Å². The van der Waals surface area contributed by atoms with E-state index in [9.17, 15) is 4.79 Å². The average Bonchev–Trinajstić information content (AvgIpc) is 2.94. The van der Waals surface area contributed by atoms with E-state index in [4.69, 9.17) is 9.15 Å². The van der Waals surface area contributed by atoms with Gasteiger partial charge in [-0.1, -0.05) is 0 Å². The molecule has 6 nitrogen and oxygen atoms in total. The maximum absolute atomic E-state index is 12.1. The van der Waals surface area contributed by atoms with Gasteiger partial charge in [0.2, 0.25) is 5.76 Å². The van der Waals surface area contributed by atoms with Gasteiger partial charge in [-0.15, -0.1) is 0 Å². The summed E-state index contributed by atoms with van der Waals surface area (Å²) in [5.74, 6) is 0.582. The number of rotatable bonds is 5. The van der Waals surface area contributed by atoms with Gasteiger partial charge in [-0.2, -0.15) is 0 Å². The second-order valence-corrected chi connectivity index (χ2v) is 5.07. The van der Waals surface area contributed by atoms with Crippen LogP contribution in [0.25, 0.3) is 0 Å². The molecule has 1 fully saturated rings. The Kier molecular flexibility index (Phi) is 4.21. The van der Waals surface area contributed by atoms with Crippen molar-refractivity contribution < 1.29 is 13.9 Å². The molecule has 1 aromatic rings. The van der Waals surface area contributed by atoms with E-state index >= 15 is 0 Å². The van der Waals surface area contributed by atoms with Gasteiger partial charge in [0.05, 0.1) is 17.8 Å². The topological polar surface area (TPSA) is 76.4 Å². The number of ether oxygens (including phenoxy) is 1. The van der Waals surface area contributed by atoms with Crippen molar-refractivity contribution in [2.24, 2.45) is 0 Å². The lowest BCUT2D eigenvalue weighted by Crippen LogP contribution is -2.53. The van der Waals surface area contributed by atoms with Gasteiger partial charge in [0.25, 0.3) is 5.91 Å². The Bertz CT molecular complexity index is 450. The molecule has 0 spiro atoms. The first-order valence-electron chi connectivity index (χ1n) is 6.52. The molecule has 1 aliphatic rings. The molecule has 0 aromatic carbocycles. The standard InChI is InChI=1S/C13H21N3O3/c1-9-11(19-10(2)16-9)12(17)14-7-13(8-18-3)5-4-6-15-13/h15H,4-8H2,1-3H3,(H,14,17). The van der Waals surface area contributed by atoms with Gasteiger partial charge in [0, 0.05) is 20.6 Å². The number of nitrogens with one attached hydrogen (secondary N) is 2. The van der Waals surface area contributed by atoms with Gasteiger partial charge in [-0.3, -0.25) is 4.79 Å². The van der Waals surface area contributed by atoms with Crippen LogP contribution in [0.5, 0.6) is 0 Å². The molecule has 1 atom stereocenters. The monoisotopic (exact) mass is 267 g/mol. The highest BCUT2D eigenvalue weighted by Crippen LogP contribution is 2.19. The molecule has 106 valence electrons. The van der Waals surface area contributed by atoms with Crippen LogP contribution in [-0.4, -0.2) is 43.2 Å². The van der Waals surface area contributed by atoms with Gasteiger partial charge in [-0.25, -0.2) is 4.98 Å². The van der Waals surface area contributed by atoms with Crippen molar-refractivity contribution in [2.45, 2.75) is 32.2 Å². The molecule has 0 radical (unpaired) electrons. The lowest BCUT2D eigenvalue weighted by atomic mass is 9.98. The minimum absolute atomic E-state index is 0.159. The van der Waals surface area contributed by atoms with Crippen LogP contribution in [0.4, 0.5) is 0 Å². The van der Waals surface area contributed by atoms with E-state index in [0.29, 0.717) is 30.5 Å². The Morgan fingerprint density at radius 3 is 2.89 bits per heavy atom. The number of aryl methyl sites for hydroxylation is 2. The number of hydrogen-bond acceptors (Lipinski definition) is 5. The molecule has 0 bridgehead atoms. The fourth-order valence-corrected chi connectivity index (χ4v) is 2.54. The lowest BCUT2D eigenvalue weighted by molar-refractivity contribution is 0.0865. The summed E-state index contributed by atoms with van der Waals surface area (Å²) in [4.78, 5) is 16.2. The normalized spacial score (nSPS) is 22.7. The van der Waals surface area contributed by atoms with Gasteiger partial charge in [0.1, 0.15) is 0 Å². The molecular weight excluding hydrogens is 246 g/mol. The zero-order chi connectivity index (χ0) is 13.9. The number of oxazole rings is 1. The summed E-state index contributed by atoms with van der Waals surface area (Å²) >= 11 is 0. The first kappa shape index (κ1) is 14.0. The highest BCUT2D eigenvalue weighted by atomic mass is 16.5. The van der Waals surface area contributed by atoms with Crippen molar-refractivity contribution in [3.63, 3.8) is 0 Å². The van der Waals surface area contributed by atoms with E-state index in [1.54, 1.807) is 21.0 Å². The zero-order valence-corrected chi connectivity index (χ0v) is 11.7. The van der Waals surface area contributed by atoms with E-state index in [0.717, 1.165) is 19.4 Å².